The molecule has 0 aliphatic carbocycles. The van der Waals surface area contributed by atoms with Gasteiger partial charge in [0.1, 0.15) is 5.82 Å². The second-order valence-corrected chi connectivity index (χ2v) is 7.00. The summed E-state index contributed by atoms with van der Waals surface area (Å²) in [4.78, 5) is 26.4. The normalized spacial score (nSPS) is 17.0. The zero-order valence-electron chi connectivity index (χ0n) is 15.7. The third-order valence-electron chi connectivity index (χ3n) is 5.12. The molecule has 0 spiro atoms. The predicted octanol–water partition coefficient (Wildman–Crippen LogP) is 3.62. The van der Waals surface area contributed by atoms with E-state index in [1.165, 1.54) is 12.1 Å². The van der Waals surface area contributed by atoms with Crippen LogP contribution in [0.1, 0.15) is 43.0 Å². The number of benzene rings is 1. The lowest BCUT2D eigenvalue weighted by molar-refractivity contribution is 0.151. The van der Waals surface area contributed by atoms with Crippen molar-refractivity contribution in [1.29, 1.82) is 0 Å². The van der Waals surface area contributed by atoms with E-state index >= 15 is 0 Å². The number of nitrogens with one attached hydrogen (secondary N) is 1. The van der Waals surface area contributed by atoms with Gasteiger partial charge in [-0.15, -0.1) is 0 Å². The van der Waals surface area contributed by atoms with Gasteiger partial charge in [0.2, 0.25) is 0 Å². The first-order chi connectivity index (χ1) is 13.1. The molecular formula is C21H26FN3O2. The lowest BCUT2D eigenvalue weighted by Gasteiger charge is -2.36. The highest BCUT2D eigenvalue weighted by Gasteiger charge is 2.27. The first-order valence-electron chi connectivity index (χ1n) is 9.52. The molecule has 1 aromatic carbocycles. The second kappa shape index (κ2) is 8.84. The Morgan fingerprint density at radius 1 is 1.19 bits per heavy atom. The lowest BCUT2D eigenvalue weighted by atomic mass is 9.95. The molecule has 2 heterocycles. The molecule has 1 N–H and O–H groups in total. The summed E-state index contributed by atoms with van der Waals surface area (Å²) in [6, 6.07) is 11.5. The standard InChI is InChI=1S/C21H26FN3O2/c1-16-6-4-8-20(26)24(16)15-5-13-23-21(27)25-14-3-2-7-19(25)17-9-11-18(22)12-10-17/h4,6,8-12,19H,2-3,5,7,13-15H2,1H3,(H,23,27). The number of piperidine rings is 1. The molecule has 1 atom stereocenters. The van der Waals surface area contributed by atoms with Crippen LogP contribution in [0.5, 0.6) is 0 Å². The van der Waals surface area contributed by atoms with E-state index in [4.69, 9.17) is 0 Å². The van der Waals surface area contributed by atoms with Crippen molar-refractivity contribution in [3.05, 3.63) is 69.9 Å². The van der Waals surface area contributed by atoms with Crippen LogP contribution in [0.15, 0.2) is 47.3 Å². The van der Waals surface area contributed by atoms with Crippen molar-refractivity contribution in [2.75, 3.05) is 13.1 Å². The number of aryl methyl sites for hydroxylation is 1. The van der Waals surface area contributed by atoms with E-state index in [1.54, 1.807) is 28.8 Å². The van der Waals surface area contributed by atoms with Crippen LogP contribution in [0.25, 0.3) is 0 Å². The van der Waals surface area contributed by atoms with Gasteiger partial charge in [-0.1, -0.05) is 18.2 Å². The Hall–Kier alpha value is -2.63. The largest absolute Gasteiger partial charge is 0.338 e. The van der Waals surface area contributed by atoms with Crippen molar-refractivity contribution in [3.8, 4) is 0 Å². The van der Waals surface area contributed by atoms with Crippen LogP contribution in [0, 0.1) is 12.7 Å². The minimum Gasteiger partial charge on any atom is -0.338 e. The van der Waals surface area contributed by atoms with Gasteiger partial charge in [0.05, 0.1) is 6.04 Å². The Kier molecular flexibility index (Phi) is 6.27. The van der Waals surface area contributed by atoms with Gasteiger partial charge < -0.3 is 14.8 Å². The molecule has 0 bridgehead atoms. The van der Waals surface area contributed by atoms with E-state index in [2.05, 4.69) is 5.32 Å². The zero-order chi connectivity index (χ0) is 19.2. The summed E-state index contributed by atoms with van der Waals surface area (Å²) in [5, 5.41) is 2.97. The van der Waals surface area contributed by atoms with Crippen LogP contribution < -0.4 is 10.9 Å². The van der Waals surface area contributed by atoms with Crippen LogP contribution in [0.4, 0.5) is 9.18 Å². The summed E-state index contributed by atoms with van der Waals surface area (Å²) in [6.45, 7) is 3.69. The number of halogens is 1. The fourth-order valence-electron chi connectivity index (χ4n) is 3.65. The Balaban J connectivity index is 1.56. The predicted molar refractivity (Wildman–Crippen MR) is 103 cm³/mol. The number of likely N-dealkylation sites (tertiary alicyclic amines) is 1. The van der Waals surface area contributed by atoms with Crippen molar-refractivity contribution in [2.45, 2.75) is 45.2 Å². The molecule has 1 aliphatic heterocycles. The van der Waals surface area contributed by atoms with E-state index < -0.39 is 0 Å². The number of nitrogens with zero attached hydrogens (tertiary/aromatic N) is 2. The minimum atomic E-state index is -0.267. The highest BCUT2D eigenvalue weighted by Crippen LogP contribution is 2.30. The Morgan fingerprint density at radius 3 is 2.70 bits per heavy atom. The molecule has 1 aromatic heterocycles. The fourth-order valence-corrected chi connectivity index (χ4v) is 3.65. The molecule has 27 heavy (non-hydrogen) atoms. The summed E-state index contributed by atoms with van der Waals surface area (Å²) >= 11 is 0. The lowest BCUT2D eigenvalue weighted by Crippen LogP contribution is -2.45. The van der Waals surface area contributed by atoms with Gasteiger partial charge in [0.15, 0.2) is 0 Å². The number of pyridine rings is 1. The molecule has 144 valence electrons. The molecule has 1 unspecified atom stereocenters. The van der Waals surface area contributed by atoms with Gasteiger partial charge in [0.25, 0.3) is 5.56 Å². The number of carbonyl (C=O) groups excluding carboxylic acids is 1. The summed E-state index contributed by atoms with van der Waals surface area (Å²) < 4.78 is 14.9. The topological polar surface area (TPSA) is 54.3 Å². The number of hydrogen-bond acceptors (Lipinski definition) is 2. The van der Waals surface area contributed by atoms with Crippen molar-refractivity contribution in [3.63, 3.8) is 0 Å². The Bertz CT molecular complexity index is 832. The molecule has 0 saturated carbocycles. The number of amides is 2. The smallest absolute Gasteiger partial charge is 0.317 e. The monoisotopic (exact) mass is 371 g/mol. The maximum Gasteiger partial charge on any atom is 0.317 e. The van der Waals surface area contributed by atoms with Gasteiger partial charge in [-0.05, 0) is 56.4 Å². The Morgan fingerprint density at radius 2 is 1.96 bits per heavy atom. The van der Waals surface area contributed by atoms with Crippen LogP contribution in [-0.2, 0) is 6.54 Å². The van der Waals surface area contributed by atoms with Crippen molar-refractivity contribution >= 4 is 6.03 Å². The second-order valence-electron chi connectivity index (χ2n) is 7.00. The molecule has 1 aliphatic rings. The molecule has 3 rings (SSSR count). The van der Waals surface area contributed by atoms with Crippen molar-refractivity contribution in [2.24, 2.45) is 0 Å². The number of rotatable bonds is 5. The van der Waals surface area contributed by atoms with E-state index in [0.717, 1.165) is 30.5 Å². The summed E-state index contributed by atoms with van der Waals surface area (Å²) in [5.41, 5.74) is 1.87. The first kappa shape index (κ1) is 19.1. The number of aromatic nitrogens is 1. The highest BCUT2D eigenvalue weighted by molar-refractivity contribution is 5.74. The van der Waals surface area contributed by atoms with E-state index in [1.807, 2.05) is 17.9 Å². The molecule has 1 fully saturated rings. The number of urea groups is 1. The van der Waals surface area contributed by atoms with Crippen LogP contribution in [0.2, 0.25) is 0 Å². The molecule has 5 nitrogen and oxygen atoms in total. The first-order valence-corrected chi connectivity index (χ1v) is 9.52. The van der Waals surface area contributed by atoms with Crippen LogP contribution in [0.3, 0.4) is 0 Å². The van der Waals surface area contributed by atoms with Gasteiger partial charge in [-0.3, -0.25) is 4.79 Å². The quantitative estimate of drug-likeness (QED) is 0.816. The van der Waals surface area contributed by atoms with Gasteiger partial charge in [-0.25, -0.2) is 9.18 Å². The average molecular weight is 371 g/mol. The Labute approximate surface area is 158 Å². The summed E-state index contributed by atoms with van der Waals surface area (Å²) in [7, 11) is 0. The minimum absolute atomic E-state index is 0.0154. The number of hydrogen-bond donors (Lipinski definition) is 1. The maximum atomic E-state index is 13.2. The number of carbonyl (C=O) groups is 1. The van der Waals surface area contributed by atoms with Gasteiger partial charge in [-0.2, -0.15) is 0 Å². The molecule has 1 saturated heterocycles. The van der Waals surface area contributed by atoms with E-state index in [-0.39, 0.29) is 23.4 Å². The third-order valence-corrected chi connectivity index (χ3v) is 5.12. The third kappa shape index (κ3) is 4.76. The summed E-state index contributed by atoms with van der Waals surface area (Å²) in [5.74, 6) is -0.267. The molecule has 0 radical (unpaired) electrons. The molecule has 6 heteroatoms. The summed E-state index contributed by atoms with van der Waals surface area (Å²) in [6.07, 6.45) is 3.61. The average Bonchev–Trinajstić information content (AvgIpc) is 2.67. The molecule has 2 aromatic rings. The SMILES string of the molecule is Cc1cccc(=O)n1CCCNC(=O)N1CCCCC1c1ccc(F)cc1. The van der Waals surface area contributed by atoms with Crippen LogP contribution >= 0.6 is 0 Å². The maximum absolute atomic E-state index is 13.2. The van der Waals surface area contributed by atoms with Crippen LogP contribution in [-0.4, -0.2) is 28.6 Å². The molecule has 2 amide bonds. The molecular weight excluding hydrogens is 345 g/mol. The van der Waals surface area contributed by atoms with E-state index in [0.29, 0.717) is 26.1 Å². The van der Waals surface area contributed by atoms with E-state index in [9.17, 15) is 14.0 Å². The van der Waals surface area contributed by atoms with Gasteiger partial charge in [0, 0.05) is 31.4 Å². The van der Waals surface area contributed by atoms with Crippen molar-refractivity contribution < 1.29 is 9.18 Å². The van der Waals surface area contributed by atoms with Crippen molar-refractivity contribution in [1.82, 2.24) is 14.8 Å². The highest BCUT2D eigenvalue weighted by atomic mass is 19.1. The van der Waals surface area contributed by atoms with Gasteiger partial charge >= 0.3 is 6.03 Å². The zero-order valence-corrected chi connectivity index (χ0v) is 15.7. The fraction of sp³-hybridized carbons (Fsp3) is 0.429.